The molecule has 0 bridgehead atoms. The Labute approximate surface area is 130 Å². The SMILES string of the molecule is O=C1N2c3ccccc3CCc3cccc(c32)[C@]1(O)C(F)(F)F. The molecular formula is C17H12F3NO2. The molecule has 2 aliphatic heterocycles. The van der Waals surface area contributed by atoms with Crippen LogP contribution in [0.25, 0.3) is 0 Å². The van der Waals surface area contributed by atoms with E-state index in [2.05, 4.69) is 0 Å². The molecule has 0 fully saturated rings. The lowest BCUT2D eigenvalue weighted by molar-refractivity contribution is -0.253. The highest BCUT2D eigenvalue weighted by molar-refractivity contribution is 6.13. The van der Waals surface area contributed by atoms with Gasteiger partial charge >= 0.3 is 6.18 Å². The number of para-hydroxylation sites is 2. The summed E-state index contributed by atoms with van der Waals surface area (Å²) in [6.45, 7) is 0. The highest BCUT2D eigenvalue weighted by Gasteiger charge is 2.67. The Morgan fingerprint density at radius 3 is 2.39 bits per heavy atom. The Morgan fingerprint density at radius 1 is 1.00 bits per heavy atom. The van der Waals surface area contributed by atoms with Crippen molar-refractivity contribution in [2.45, 2.75) is 24.6 Å². The average molecular weight is 319 g/mol. The van der Waals surface area contributed by atoms with Gasteiger partial charge in [0.05, 0.1) is 11.4 Å². The first-order valence-electron chi connectivity index (χ1n) is 7.19. The van der Waals surface area contributed by atoms with Crippen LogP contribution in [0.3, 0.4) is 0 Å². The van der Waals surface area contributed by atoms with Crippen molar-refractivity contribution in [2.24, 2.45) is 0 Å². The van der Waals surface area contributed by atoms with Crippen LogP contribution < -0.4 is 4.90 Å². The highest BCUT2D eigenvalue weighted by Crippen LogP contribution is 2.54. The molecule has 1 amide bonds. The predicted molar refractivity (Wildman–Crippen MR) is 77.4 cm³/mol. The second-order valence-corrected chi connectivity index (χ2v) is 5.79. The Hall–Kier alpha value is -2.34. The highest BCUT2D eigenvalue weighted by atomic mass is 19.4. The number of hydrogen-bond acceptors (Lipinski definition) is 2. The van der Waals surface area contributed by atoms with Crippen molar-refractivity contribution in [2.75, 3.05) is 4.90 Å². The molecule has 2 aliphatic rings. The summed E-state index contributed by atoms with van der Waals surface area (Å²) in [4.78, 5) is 13.6. The van der Waals surface area contributed by atoms with Crippen LogP contribution in [-0.2, 0) is 23.2 Å². The number of amides is 1. The van der Waals surface area contributed by atoms with Crippen molar-refractivity contribution in [1.82, 2.24) is 0 Å². The van der Waals surface area contributed by atoms with Crippen molar-refractivity contribution < 1.29 is 23.1 Å². The van der Waals surface area contributed by atoms with E-state index in [1.54, 1.807) is 30.3 Å². The number of carbonyl (C=O) groups is 1. The van der Waals surface area contributed by atoms with Gasteiger partial charge in [0.2, 0.25) is 0 Å². The third-order valence-electron chi connectivity index (χ3n) is 4.55. The van der Waals surface area contributed by atoms with E-state index in [4.69, 9.17) is 0 Å². The summed E-state index contributed by atoms with van der Waals surface area (Å²) in [7, 11) is 0. The molecule has 0 spiro atoms. The van der Waals surface area contributed by atoms with Gasteiger partial charge in [0.25, 0.3) is 11.5 Å². The van der Waals surface area contributed by atoms with Crippen molar-refractivity contribution in [3.8, 4) is 0 Å². The second kappa shape index (κ2) is 4.35. The molecule has 4 rings (SSSR count). The summed E-state index contributed by atoms with van der Waals surface area (Å²) < 4.78 is 40.5. The molecule has 0 unspecified atom stereocenters. The quantitative estimate of drug-likeness (QED) is 0.810. The van der Waals surface area contributed by atoms with Gasteiger partial charge in [-0.2, -0.15) is 13.2 Å². The van der Waals surface area contributed by atoms with Gasteiger partial charge in [-0.05, 0) is 30.0 Å². The topological polar surface area (TPSA) is 40.5 Å². The first kappa shape index (κ1) is 14.3. The lowest BCUT2D eigenvalue weighted by Gasteiger charge is -2.26. The molecule has 0 saturated carbocycles. The van der Waals surface area contributed by atoms with Crippen LogP contribution >= 0.6 is 0 Å². The Balaban J connectivity index is 2.07. The molecule has 1 atom stereocenters. The molecule has 2 aromatic carbocycles. The van der Waals surface area contributed by atoms with Gasteiger partial charge in [0.1, 0.15) is 0 Å². The van der Waals surface area contributed by atoms with Crippen molar-refractivity contribution in [3.05, 3.63) is 59.2 Å². The third-order valence-corrected chi connectivity index (χ3v) is 4.55. The smallest absolute Gasteiger partial charge is 0.368 e. The molecule has 0 aliphatic carbocycles. The summed E-state index contributed by atoms with van der Waals surface area (Å²) >= 11 is 0. The van der Waals surface area contributed by atoms with Gasteiger partial charge in [-0.1, -0.05) is 36.4 Å². The predicted octanol–water partition coefficient (Wildman–Crippen LogP) is 3.21. The van der Waals surface area contributed by atoms with E-state index in [1.165, 1.54) is 12.1 Å². The van der Waals surface area contributed by atoms with Crippen LogP contribution in [0.4, 0.5) is 24.5 Å². The Morgan fingerprint density at radius 2 is 1.65 bits per heavy atom. The van der Waals surface area contributed by atoms with Crippen molar-refractivity contribution in [1.29, 1.82) is 0 Å². The molecule has 0 saturated heterocycles. The number of nitrogens with zero attached hydrogens (tertiary/aromatic N) is 1. The third kappa shape index (κ3) is 1.67. The van der Waals surface area contributed by atoms with Crippen LogP contribution in [0, 0.1) is 0 Å². The van der Waals surface area contributed by atoms with E-state index in [0.717, 1.165) is 10.5 Å². The zero-order valence-electron chi connectivity index (χ0n) is 11.9. The first-order chi connectivity index (χ1) is 10.9. The minimum Gasteiger partial charge on any atom is -0.368 e. The number of aryl methyl sites for hydroxylation is 2. The number of carbonyl (C=O) groups excluding carboxylic acids is 1. The molecule has 0 aromatic heterocycles. The number of anilines is 2. The molecule has 2 heterocycles. The summed E-state index contributed by atoms with van der Waals surface area (Å²) in [6.07, 6.45) is -3.95. The van der Waals surface area contributed by atoms with Gasteiger partial charge in [-0.15, -0.1) is 0 Å². The van der Waals surface area contributed by atoms with Gasteiger partial charge in [-0.25, -0.2) is 0 Å². The van der Waals surface area contributed by atoms with Crippen LogP contribution in [0.15, 0.2) is 42.5 Å². The van der Waals surface area contributed by atoms with Gasteiger partial charge in [0, 0.05) is 5.56 Å². The van der Waals surface area contributed by atoms with Crippen LogP contribution in [0.2, 0.25) is 0 Å². The fourth-order valence-corrected chi connectivity index (χ4v) is 3.44. The van der Waals surface area contributed by atoms with Gasteiger partial charge < -0.3 is 5.11 Å². The fraction of sp³-hybridized carbons (Fsp3) is 0.235. The summed E-state index contributed by atoms with van der Waals surface area (Å²) in [5, 5.41) is 10.3. The average Bonchev–Trinajstić information content (AvgIpc) is 2.67. The maximum Gasteiger partial charge on any atom is 0.430 e. The van der Waals surface area contributed by atoms with Crippen LogP contribution in [-0.4, -0.2) is 17.2 Å². The zero-order valence-corrected chi connectivity index (χ0v) is 11.9. The van der Waals surface area contributed by atoms with E-state index in [0.29, 0.717) is 24.1 Å². The van der Waals surface area contributed by atoms with E-state index in [9.17, 15) is 23.1 Å². The van der Waals surface area contributed by atoms with E-state index >= 15 is 0 Å². The molecular weight excluding hydrogens is 307 g/mol. The fourth-order valence-electron chi connectivity index (χ4n) is 3.44. The second-order valence-electron chi connectivity index (χ2n) is 5.79. The minimum atomic E-state index is -5.08. The Bertz CT molecular complexity index is 831. The summed E-state index contributed by atoms with van der Waals surface area (Å²) in [6, 6.07) is 11.2. The number of halogens is 3. The number of fused-ring (bicyclic) bond motifs is 2. The van der Waals surface area contributed by atoms with Crippen molar-refractivity contribution in [3.63, 3.8) is 0 Å². The van der Waals surface area contributed by atoms with E-state index in [1.807, 2.05) is 0 Å². The maximum atomic E-state index is 13.5. The molecule has 2 aromatic rings. The van der Waals surface area contributed by atoms with Crippen LogP contribution in [0.5, 0.6) is 0 Å². The number of hydrogen-bond donors (Lipinski definition) is 1. The number of rotatable bonds is 0. The van der Waals surface area contributed by atoms with Crippen molar-refractivity contribution >= 4 is 17.3 Å². The number of aliphatic hydroxyl groups is 1. The summed E-state index contributed by atoms with van der Waals surface area (Å²) in [5.74, 6) is -1.36. The van der Waals surface area contributed by atoms with E-state index < -0.39 is 17.7 Å². The summed E-state index contributed by atoms with van der Waals surface area (Å²) in [5.41, 5.74) is -1.89. The number of alkyl halides is 3. The normalized spacial score (nSPS) is 22.6. The maximum absolute atomic E-state index is 13.5. The van der Waals surface area contributed by atoms with Gasteiger partial charge in [-0.3, -0.25) is 9.69 Å². The zero-order chi connectivity index (χ0) is 16.4. The number of benzene rings is 2. The molecule has 118 valence electrons. The van der Waals surface area contributed by atoms with E-state index in [-0.39, 0.29) is 11.3 Å². The largest absolute Gasteiger partial charge is 0.430 e. The molecule has 3 nitrogen and oxygen atoms in total. The molecule has 6 heteroatoms. The standard InChI is InChI=1S/C17H12F3NO2/c18-17(19,20)16(23)12-6-3-5-11-9-8-10-4-1-2-7-13(10)21(14(11)12)15(16)22/h1-7,23H,8-9H2/t16-/m1/s1. The molecule has 1 N–H and O–H groups in total. The lowest BCUT2D eigenvalue weighted by Crippen LogP contribution is -2.49. The monoisotopic (exact) mass is 319 g/mol. The first-order valence-corrected chi connectivity index (χ1v) is 7.19. The van der Waals surface area contributed by atoms with Crippen LogP contribution in [0.1, 0.15) is 16.7 Å². The molecule has 0 radical (unpaired) electrons. The molecule has 23 heavy (non-hydrogen) atoms. The lowest BCUT2D eigenvalue weighted by atomic mass is 9.92. The van der Waals surface area contributed by atoms with Gasteiger partial charge in [0.15, 0.2) is 0 Å². The minimum absolute atomic E-state index is 0.169. The Kier molecular flexibility index (Phi) is 2.70.